The van der Waals surface area contributed by atoms with Gasteiger partial charge in [-0.25, -0.2) is 0 Å². The second-order valence-electron chi connectivity index (χ2n) is 7.14. The van der Waals surface area contributed by atoms with Gasteiger partial charge in [0.25, 0.3) is 0 Å². The standard InChI is InChI=1S/C24H29NO4/c1-25(14-13-18-11-12-23(27-2)24(15-18)28-3)16-20(26)17-29-22-10-6-8-19-7-4-5-9-21(19)22/h4-12,15,20,26H,13-14,16-17H2,1-3H3. The zero-order valence-corrected chi connectivity index (χ0v) is 17.3. The molecule has 3 aromatic carbocycles. The van der Waals surface area contributed by atoms with Crippen molar-refractivity contribution in [2.75, 3.05) is 41.0 Å². The average Bonchev–Trinajstić information content (AvgIpc) is 2.76. The Kier molecular flexibility index (Phi) is 7.33. The molecule has 0 heterocycles. The first-order valence-electron chi connectivity index (χ1n) is 9.78. The van der Waals surface area contributed by atoms with E-state index in [0.717, 1.165) is 46.6 Å². The number of likely N-dealkylation sites (N-methyl/N-ethyl adjacent to an activating group) is 1. The SMILES string of the molecule is COc1ccc(CCN(C)CC(O)COc2cccc3ccccc23)cc1OC. The Labute approximate surface area is 172 Å². The van der Waals surface area contributed by atoms with E-state index in [1.54, 1.807) is 14.2 Å². The third-order valence-electron chi connectivity index (χ3n) is 4.93. The molecule has 0 spiro atoms. The van der Waals surface area contributed by atoms with Gasteiger partial charge in [-0.15, -0.1) is 0 Å². The molecule has 0 aromatic heterocycles. The summed E-state index contributed by atoms with van der Waals surface area (Å²) in [5.74, 6) is 2.26. The minimum absolute atomic E-state index is 0.259. The normalized spacial score (nSPS) is 12.2. The molecule has 1 N–H and O–H groups in total. The first-order chi connectivity index (χ1) is 14.1. The molecule has 0 aliphatic carbocycles. The van der Waals surface area contributed by atoms with Crippen LogP contribution in [0.3, 0.4) is 0 Å². The molecule has 1 unspecified atom stereocenters. The maximum atomic E-state index is 10.4. The van der Waals surface area contributed by atoms with Crippen LogP contribution in [-0.4, -0.2) is 57.1 Å². The van der Waals surface area contributed by atoms with Crippen LogP contribution in [-0.2, 0) is 6.42 Å². The molecular weight excluding hydrogens is 366 g/mol. The average molecular weight is 395 g/mol. The molecule has 0 aliphatic rings. The van der Waals surface area contributed by atoms with Gasteiger partial charge in [0.2, 0.25) is 0 Å². The van der Waals surface area contributed by atoms with Gasteiger partial charge in [0.1, 0.15) is 18.5 Å². The maximum Gasteiger partial charge on any atom is 0.160 e. The number of hydrogen-bond acceptors (Lipinski definition) is 5. The molecule has 5 heteroatoms. The predicted octanol–water partition coefficient (Wildman–Crippen LogP) is 3.77. The van der Waals surface area contributed by atoms with Crippen LogP contribution in [0, 0.1) is 0 Å². The third kappa shape index (κ3) is 5.62. The Hall–Kier alpha value is -2.76. The van der Waals surface area contributed by atoms with Crippen molar-refractivity contribution in [3.05, 3.63) is 66.2 Å². The van der Waals surface area contributed by atoms with Gasteiger partial charge in [-0.2, -0.15) is 0 Å². The van der Waals surface area contributed by atoms with Crippen molar-refractivity contribution in [1.29, 1.82) is 0 Å². The number of rotatable bonds is 10. The summed E-state index contributed by atoms with van der Waals surface area (Å²) in [7, 11) is 5.27. The minimum Gasteiger partial charge on any atom is -0.493 e. The molecule has 0 amide bonds. The molecule has 29 heavy (non-hydrogen) atoms. The van der Waals surface area contributed by atoms with E-state index in [1.807, 2.05) is 55.6 Å². The number of aliphatic hydroxyl groups excluding tert-OH is 1. The van der Waals surface area contributed by atoms with Crippen LogP contribution in [0.15, 0.2) is 60.7 Å². The summed E-state index contributed by atoms with van der Waals surface area (Å²) in [4.78, 5) is 2.10. The quantitative estimate of drug-likeness (QED) is 0.566. The van der Waals surface area contributed by atoms with Gasteiger partial charge in [-0.3, -0.25) is 0 Å². The number of ether oxygens (including phenoxy) is 3. The molecule has 0 saturated carbocycles. The van der Waals surface area contributed by atoms with E-state index in [2.05, 4.69) is 17.0 Å². The Morgan fingerprint density at radius 2 is 1.66 bits per heavy atom. The second-order valence-corrected chi connectivity index (χ2v) is 7.14. The van der Waals surface area contributed by atoms with Gasteiger partial charge in [-0.05, 0) is 42.6 Å². The van der Waals surface area contributed by atoms with Gasteiger partial charge in [0, 0.05) is 18.5 Å². The summed E-state index contributed by atoms with van der Waals surface area (Å²) >= 11 is 0. The van der Waals surface area contributed by atoms with Crippen molar-refractivity contribution >= 4 is 10.8 Å². The lowest BCUT2D eigenvalue weighted by molar-refractivity contribution is 0.0773. The lowest BCUT2D eigenvalue weighted by Crippen LogP contribution is -2.34. The van der Waals surface area contributed by atoms with Gasteiger partial charge in [0.05, 0.1) is 14.2 Å². The van der Waals surface area contributed by atoms with E-state index in [-0.39, 0.29) is 6.61 Å². The minimum atomic E-state index is -0.565. The fraction of sp³-hybridized carbons (Fsp3) is 0.333. The summed E-state index contributed by atoms with van der Waals surface area (Å²) < 4.78 is 16.5. The van der Waals surface area contributed by atoms with Crippen molar-refractivity contribution < 1.29 is 19.3 Å². The zero-order valence-electron chi connectivity index (χ0n) is 17.3. The van der Waals surface area contributed by atoms with Crippen molar-refractivity contribution in [3.63, 3.8) is 0 Å². The molecule has 154 valence electrons. The highest BCUT2D eigenvalue weighted by molar-refractivity contribution is 5.88. The highest BCUT2D eigenvalue weighted by Gasteiger charge is 2.11. The lowest BCUT2D eigenvalue weighted by Gasteiger charge is -2.21. The molecule has 0 radical (unpaired) electrons. The Morgan fingerprint density at radius 3 is 2.45 bits per heavy atom. The van der Waals surface area contributed by atoms with Crippen LogP contribution < -0.4 is 14.2 Å². The fourth-order valence-electron chi connectivity index (χ4n) is 3.37. The fourth-order valence-corrected chi connectivity index (χ4v) is 3.37. The van der Waals surface area contributed by atoms with E-state index in [0.29, 0.717) is 6.54 Å². The third-order valence-corrected chi connectivity index (χ3v) is 4.93. The number of methoxy groups -OCH3 is 2. The molecule has 0 fully saturated rings. The smallest absolute Gasteiger partial charge is 0.160 e. The largest absolute Gasteiger partial charge is 0.493 e. The van der Waals surface area contributed by atoms with Crippen LogP contribution in [0.4, 0.5) is 0 Å². The van der Waals surface area contributed by atoms with Crippen molar-refractivity contribution in [1.82, 2.24) is 4.90 Å². The van der Waals surface area contributed by atoms with Crippen LogP contribution >= 0.6 is 0 Å². The summed E-state index contributed by atoms with van der Waals surface area (Å²) in [6.07, 6.45) is 0.290. The summed E-state index contributed by atoms with van der Waals surface area (Å²) in [6.45, 7) is 1.62. The zero-order chi connectivity index (χ0) is 20.6. The first-order valence-corrected chi connectivity index (χ1v) is 9.78. The number of benzene rings is 3. The van der Waals surface area contributed by atoms with Gasteiger partial charge in [0.15, 0.2) is 11.5 Å². The lowest BCUT2D eigenvalue weighted by atomic mass is 10.1. The number of aliphatic hydroxyl groups is 1. The molecule has 3 rings (SSSR count). The van der Waals surface area contributed by atoms with Gasteiger partial charge < -0.3 is 24.2 Å². The molecular formula is C24H29NO4. The van der Waals surface area contributed by atoms with Gasteiger partial charge >= 0.3 is 0 Å². The Bertz CT molecular complexity index is 922. The molecule has 1 atom stereocenters. The van der Waals surface area contributed by atoms with E-state index in [1.165, 1.54) is 0 Å². The Morgan fingerprint density at radius 1 is 0.897 bits per heavy atom. The highest BCUT2D eigenvalue weighted by Crippen LogP contribution is 2.28. The second kappa shape index (κ2) is 10.1. The van der Waals surface area contributed by atoms with Crippen LogP contribution in [0.5, 0.6) is 17.2 Å². The van der Waals surface area contributed by atoms with Crippen LogP contribution in [0.1, 0.15) is 5.56 Å². The molecule has 0 saturated heterocycles. The Balaban J connectivity index is 1.48. The van der Waals surface area contributed by atoms with E-state index < -0.39 is 6.10 Å². The predicted molar refractivity (Wildman–Crippen MR) is 116 cm³/mol. The van der Waals surface area contributed by atoms with Gasteiger partial charge in [-0.1, -0.05) is 42.5 Å². The number of nitrogens with zero attached hydrogens (tertiary/aromatic N) is 1. The first kappa shape index (κ1) is 21.0. The maximum absolute atomic E-state index is 10.4. The monoisotopic (exact) mass is 395 g/mol. The number of fused-ring (bicyclic) bond motifs is 1. The van der Waals surface area contributed by atoms with Crippen LogP contribution in [0.2, 0.25) is 0 Å². The van der Waals surface area contributed by atoms with E-state index >= 15 is 0 Å². The van der Waals surface area contributed by atoms with E-state index in [9.17, 15) is 5.11 Å². The summed E-state index contributed by atoms with van der Waals surface area (Å²) in [6, 6.07) is 20.0. The summed E-state index contributed by atoms with van der Waals surface area (Å²) in [5.41, 5.74) is 1.16. The van der Waals surface area contributed by atoms with Crippen molar-refractivity contribution in [2.45, 2.75) is 12.5 Å². The topological polar surface area (TPSA) is 51.2 Å². The van der Waals surface area contributed by atoms with Crippen molar-refractivity contribution in [2.24, 2.45) is 0 Å². The molecule has 0 aliphatic heterocycles. The highest BCUT2D eigenvalue weighted by atomic mass is 16.5. The molecule has 5 nitrogen and oxygen atoms in total. The van der Waals surface area contributed by atoms with E-state index in [4.69, 9.17) is 14.2 Å². The number of hydrogen-bond donors (Lipinski definition) is 1. The van der Waals surface area contributed by atoms with Crippen LogP contribution in [0.25, 0.3) is 10.8 Å². The molecule has 3 aromatic rings. The molecule has 0 bridgehead atoms. The van der Waals surface area contributed by atoms with Crippen molar-refractivity contribution in [3.8, 4) is 17.2 Å². The summed E-state index contributed by atoms with van der Waals surface area (Å²) in [5, 5.41) is 12.6.